The number of benzene rings is 1. The Hall–Kier alpha value is 0.260. The quantitative estimate of drug-likeness (QED) is 0.844. The third-order valence-electron chi connectivity index (χ3n) is 1.95. The lowest BCUT2D eigenvalue weighted by Gasteiger charge is -2.10. The van der Waals surface area contributed by atoms with Crippen molar-refractivity contribution in [3.8, 4) is 0 Å². The summed E-state index contributed by atoms with van der Waals surface area (Å²) >= 11 is 4.23. The molecule has 0 amide bonds. The first kappa shape index (κ1) is 12.3. The van der Waals surface area contributed by atoms with Crippen molar-refractivity contribution in [1.29, 1.82) is 0 Å². The summed E-state index contributed by atoms with van der Waals surface area (Å²) in [6.07, 6.45) is 0.990. The van der Waals surface area contributed by atoms with Gasteiger partial charge < -0.3 is 5.73 Å². The van der Waals surface area contributed by atoms with E-state index in [0.717, 1.165) is 17.9 Å². The van der Waals surface area contributed by atoms with Gasteiger partial charge in [-0.1, -0.05) is 19.1 Å². The van der Waals surface area contributed by atoms with E-state index in [9.17, 15) is 0 Å². The standard InChI is InChI=1S/C11H16INS/c1-2-14-8-11(13)7-9-3-5-10(12)6-4-9/h3-6,11H,2,7-8,13H2,1H3. The number of hydrogen-bond acceptors (Lipinski definition) is 2. The Morgan fingerprint density at radius 1 is 1.36 bits per heavy atom. The summed E-state index contributed by atoms with van der Waals surface area (Å²) in [5.74, 6) is 2.21. The van der Waals surface area contributed by atoms with Crippen molar-refractivity contribution in [3.63, 3.8) is 0 Å². The van der Waals surface area contributed by atoms with Crippen molar-refractivity contribution in [2.24, 2.45) is 5.73 Å². The maximum Gasteiger partial charge on any atom is 0.0171 e. The predicted octanol–water partition coefficient (Wildman–Crippen LogP) is 2.91. The highest BCUT2D eigenvalue weighted by molar-refractivity contribution is 14.1. The first-order chi connectivity index (χ1) is 6.72. The van der Waals surface area contributed by atoms with E-state index in [0.29, 0.717) is 6.04 Å². The van der Waals surface area contributed by atoms with Crippen LogP contribution >= 0.6 is 34.4 Å². The first-order valence-corrected chi connectivity index (χ1v) is 7.03. The van der Waals surface area contributed by atoms with Gasteiger partial charge in [-0.05, 0) is 52.5 Å². The normalized spacial score (nSPS) is 12.8. The fourth-order valence-corrected chi connectivity index (χ4v) is 2.27. The summed E-state index contributed by atoms with van der Waals surface area (Å²) in [5, 5.41) is 0. The molecule has 0 fully saturated rings. The van der Waals surface area contributed by atoms with Gasteiger partial charge in [0.05, 0.1) is 0 Å². The Labute approximate surface area is 104 Å². The van der Waals surface area contributed by atoms with Crippen molar-refractivity contribution in [3.05, 3.63) is 33.4 Å². The monoisotopic (exact) mass is 321 g/mol. The molecule has 14 heavy (non-hydrogen) atoms. The minimum atomic E-state index is 0.292. The van der Waals surface area contributed by atoms with E-state index in [1.54, 1.807) is 0 Å². The summed E-state index contributed by atoms with van der Waals surface area (Å²) in [5.41, 5.74) is 7.35. The Bertz CT molecular complexity index is 260. The van der Waals surface area contributed by atoms with E-state index in [1.807, 2.05) is 11.8 Å². The van der Waals surface area contributed by atoms with Crippen LogP contribution in [-0.4, -0.2) is 17.5 Å². The number of halogens is 1. The topological polar surface area (TPSA) is 26.0 Å². The molecule has 0 aliphatic carbocycles. The molecule has 1 nitrogen and oxygen atoms in total. The average Bonchev–Trinajstić information content (AvgIpc) is 2.18. The van der Waals surface area contributed by atoms with Crippen molar-refractivity contribution < 1.29 is 0 Å². The lowest BCUT2D eigenvalue weighted by molar-refractivity contribution is 0.749. The summed E-state index contributed by atoms with van der Waals surface area (Å²) in [7, 11) is 0. The molecule has 0 bridgehead atoms. The lowest BCUT2D eigenvalue weighted by atomic mass is 10.1. The van der Waals surface area contributed by atoms with Crippen molar-refractivity contribution in [1.82, 2.24) is 0 Å². The SMILES string of the molecule is CCSCC(N)Cc1ccc(I)cc1. The number of hydrogen-bond donors (Lipinski definition) is 1. The molecule has 0 saturated carbocycles. The van der Waals surface area contributed by atoms with Crippen LogP contribution < -0.4 is 5.73 Å². The molecular formula is C11H16INS. The van der Waals surface area contributed by atoms with Crippen LogP contribution in [-0.2, 0) is 6.42 Å². The smallest absolute Gasteiger partial charge is 0.0171 e. The maximum absolute atomic E-state index is 6.01. The van der Waals surface area contributed by atoms with Crippen molar-refractivity contribution in [2.75, 3.05) is 11.5 Å². The molecule has 0 aliphatic heterocycles. The van der Waals surface area contributed by atoms with Gasteiger partial charge in [0.15, 0.2) is 0 Å². The molecule has 1 unspecified atom stereocenters. The second kappa shape index (κ2) is 6.69. The molecule has 0 aliphatic rings. The van der Waals surface area contributed by atoms with Crippen LogP contribution in [0.4, 0.5) is 0 Å². The summed E-state index contributed by atoms with van der Waals surface area (Å²) in [6.45, 7) is 2.17. The van der Waals surface area contributed by atoms with E-state index in [-0.39, 0.29) is 0 Å². The molecule has 0 radical (unpaired) electrons. The average molecular weight is 321 g/mol. The van der Waals surface area contributed by atoms with Crippen LogP contribution in [0.3, 0.4) is 0 Å². The van der Waals surface area contributed by atoms with E-state index in [4.69, 9.17) is 5.73 Å². The highest BCUT2D eigenvalue weighted by Crippen LogP contribution is 2.10. The lowest BCUT2D eigenvalue weighted by Crippen LogP contribution is -2.25. The van der Waals surface area contributed by atoms with Gasteiger partial charge in [0.1, 0.15) is 0 Å². The number of rotatable bonds is 5. The van der Waals surface area contributed by atoms with Crippen LogP contribution in [0.5, 0.6) is 0 Å². The Balaban J connectivity index is 2.39. The zero-order valence-corrected chi connectivity index (χ0v) is 11.3. The predicted molar refractivity (Wildman–Crippen MR) is 73.8 cm³/mol. The minimum Gasteiger partial charge on any atom is -0.327 e. The second-order valence-corrected chi connectivity index (χ2v) is 5.81. The Kier molecular flexibility index (Phi) is 5.89. The molecule has 1 rings (SSSR count). The summed E-state index contributed by atoms with van der Waals surface area (Å²) < 4.78 is 1.28. The highest BCUT2D eigenvalue weighted by Gasteiger charge is 2.03. The molecule has 2 N–H and O–H groups in total. The van der Waals surface area contributed by atoms with Gasteiger partial charge in [-0.15, -0.1) is 0 Å². The van der Waals surface area contributed by atoms with Gasteiger partial charge in [-0.3, -0.25) is 0 Å². The largest absolute Gasteiger partial charge is 0.327 e. The number of nitrogens with two attached hydrogens (primary N) is 1. The number of thioether (sulfide) groups is 1. The third kappa shape index (κ3) is 4.66. The molecule has 1 aromatic rings. The van der Waals surface area contributed by atoms with Gasteiger partial charge in [-0.25, -0.2) is 0 Å². The van der Waals surface area contributed by atoms with Crippen molar-refractivity contribution in [2.45, 2.75) is 19.4 Å². The van der Waals surface area contributed by atoms with Crippen LogP contribution in [0.2, 0.25) is 0 Å². The molecule has 1 aromatic carbocycles. The van der Waals surface area contributed by atoms with E-state index in [2.05, 4.69) is 53.8 Å². The Morgan fingerprint density at radius 3 is 2.57 bits per heavy atom. The molecule has 3 heteroatoms. The van der Waals surface area contributed by atoms with Gasteiger partial charge >= 0.3 is 0 Å². The van der Waals surface area contributed by atoms with Gasteiger partial charge in [0.2, 0.25) is 0 Å². The molecular weight excluding hydrogens is 305 g/mol. The van der Waals surface area contributed by atoms with Crippen molar-refractivity contribution >= 4 is 34.4 Å². The summed E-state index contributed by atoms with van der Waals surface area (Å²) in [4.78, 5) is 0. The molecule has 1 atom stereocenters. The third-order valence-corrected chi connectivity index (χ3v) is 3.74. The molecule has 0 saturated heterocycles. The van der Waals surface area contributed by atoms with E-state index < -0.39 is 0 Å². The second-order valence-electron chi connectivity index (χ2n) is 3.25. The fraction of sp³-hybridized carbons (Fsp3) is 0.455. The zero-order chi connectivity index (χ0) is 10.4. The van der Waals surface area contributed by atoms with Crippen LogP contribution in [0.15, 0.2) is 24.3 Å². The van der Waals surface area contributed by atoms with E-state index in [1.165, 1.54) is 9.13 Å². The van der Waals surface area contributed by atoms with Crippen LogP contribution in [0.25, 0.3) is 0 Å². The first-order valence-electron chi connectivity index (χ1n) is 4.80. The minimum absolute atomic E-state index is 0.292. The summed E-state index contributed by atoms with van der Waals surface area (Å²) in [6, 6.07) is 8.89. The fourth-order valence-electron chi connectivity index (χ4n) is 1.25. The van der Waals surface area contributed by atoms with Crippen LogP contribution in [0.1, 0.15) is 12.5 Å². The van der Waals surface area contributed by atoms with Gasteiger partial charge in [-0.2, -0.15) is 11.8 Å². The van der Waals surface area contributed by atoms with E-state index >= 15 is 0 Å². The molecule has 0 aromatic heterocycles. The molecule has 0 heterocycles. The highest BCUT2D eigenvalue weighted by atomic mass is 127. The Morgan fingerprint density at radius 2 is 2.00 bits per heavy atom. The van der Waals surface area contributed by atoms with Gasteiger partial charge in [0, 0.05) is 15.4 Å². The van der Waals surface area contributed by atoms with Crippen LogP contribution in [0, 0.1) is 3.57 Å². The maximum atomic E-state index is 6.01. The molecule has 78 valence electrons. The van der Waals surface area contributed by atoms with Gasteiger partial charge in [0.25, 0.3) is 0 Å². The zero-order valence-electron chi connectivity index (χ0n) is 8.37. The molecule has 0 spiro atoms.